The zero-order valence-corrected chi connectivity index (χ0v) is 5.91. The predicted octanol–water partition coefficient (Wildman–Crippen LogP) is -0.475. The fourth-order valence-electron chi connectivity index (χ4n) is 0.435. The van der Waals surface area contributed by atoms with Crippen LogP contribution in [0.2, 0.25) is 0 Å². The quantitative estimate of drug-likeness (QED) is 0.300. The van der Waals surface area contributed by atoms with Crippen molar-refractivity contribution >= 4 is 6.29 Å². The van der Waals surface area contributed by atoms with E-state index < -0.39 is 0 Å². The fourth-order valence-corrected chi connectivity index (χ4v) is 0.435. The Morgan fingerprint density at radius 3 is 2.50 bits per heavy atom. The van der Waals surface area contributed by atoms with Gasteiger partial charge in [-0.05, 0) is 0 Å². The van der Waals surface area contributed by atoms with Gasteiger partial charge in [0.1, 0.15) is 6.29 Å². The van der Waals surface area contributed by atoms with E-state index in [-0.39, 0.29) is 6.73 Å². The van der Waals surface area contributed by atoms with Crippen LogP contribution in [0, 0.1) is 0 Å². The van der Waals surface area contributed by atoms with E-state index in [0.717, 1.165) is 6.29 Å². The minimum absolute atomic E-state index is 0.219. The lowest BCUT2D eigenvalue weighted by atomic mass is 10.5. The number of hydrogen-bond acceptors (Lipinski definition) is 4. The van der Waals surface area contributed by atoms with Gasteiger partial charge < -0.3 is 20.0 Å². The summed E-state index contributed by atoms with van der Waals surface area (Å²) < 4.78 is 9.74. The van der Waals surface area contributed by atoms with Crippen LogP contribution < -0.4 is 5.73 Å². The number of nitrogens with two attached hydrogens (primary N) is 1. The molecule has 0 radical (unpaired) electrons. The first kappa shape index (κ1) is 9.55. The molecule has 4 nitrogen and oxygen atoms in total. The van der Waals surface area contributed by atoms with Crippen LogP contribution in [0.1, 0.15) is 6.42 Å². The molecule has 60 valence electrons. The van der Waals surface area contributed by atoms with Crippen LogP contribution in [-0.2, 0) is 14.3 Å². The SMILES string of the molecule is NCOCCOCCC=O. The van der Waals surface area contributed by atoms with Crippen molar-refractivity contribution < 1.29 is 14.3 Å². The normalized spacial score (nSPS) is 9.70. The minimum Gasteiger partial charge on any atom is -0.379 e. The summed E-state index contributed by atoms with van der Waals surface area (Å²) in [6.07, 6.45) is 1.27. The molecule has 0 aliphatic heterocycles. The lowest BCUT2D eigenvalue weighted by Crippen LogP contribution is -2.10. The molecule has 4 heteroatoms. The van der Waals surface area contributed by atoms with Gasteiger partial charge in [0.25, 0.3) is 0 Å². The third kappa shape index (κ3) is 7.55. The van der Waals surface area contributed by atoms with Crippen molar-refractivity contribution in [3.8, 4) is 0 Å². The second-order valence-corrected chi connectivity index (χ2v) is 1.64. The van der Waals surface area contributed by atoms with Gasteiger partial charge in [-0.3, -0.25) is 0 Å². The fraction of sp³-hybridized carbons (Fsp3) is 0.833. The van der Waals surface area contributed by atoms with Crippen molar-refractivity contribution in [1.29, 1.82) is 0 Å². The second-order valence-electron chi connectivity index (χ2n) is 1.64. The molecule has 0 fully saturated rings. The van der Waals surface area contributed by atoms with E-state index in [1.807, 2.05) is 0 Å². The molecule has 0 bridgehead atoms. The van der Waals surface area contributed by atoms with Gasteiger partial charge in [0.15, 0.2) is 0 Å². The van der Waals surface area contributed by atoms with Crippen molar-refractivity contribution in [3.63, 3.8) is 0 Å². The first-order valence-corrected chi connectivity index (χ1v) is 3.21. The highest BCUT2D eigenvalue weighted by Crippen LogP contribution is 1.78. The molecule has 0 aliphatic rings. The molecule has 0 unspecified atom stereocenters. The summed E-state index contributed by atoms with van der Waals surface area (Å²) in [6.45, 7) is 1.69. The Labute approximate surface area is 60.3 Å². The van der Waals surface area contributed by atoms with Gasteiger partial charge in [0, 0.05) is 6.42 Å². The van der Waals surface area contributed by atoms with Crippen LogP contribution in [0.3, 0.4) is 0 Å². The predicted molar refractivity (Wildman–Crippen MR) is 36.5 cm³/mol. The summed E-state index contributed by atoms with van der Waals surface area (Å²) in [4.78, 5) is 9.76. The van der Waals surface area contributed by atoms with Gasteiger partial charge in [0.05, 0.1) is 26.6 Å². The third-order valence-electron chi connectivity index (χ3n) is 0.870. The van der Waals surface area contributed by atoms with Crippen LogP contribution in [0.15, 0.2) is 0 Å². The number of carbonyl (C=O) groups excluding carboxylic acids is 1. The molecule has 10 heavy (non-hydrogen) atoms. The molecule has 0 aromatic rings. The maximum absolute atomic E-state index is 9.76. The molecule has 0 spiro atoms. The molecule has 0 aromatic carbocycles. The largest absolute Gasteiger partial charge is 0.379 e. The number of aldehydes is 1. The number of ether oxygens (including phenoxy) is 2. The number of hydrogen-bond donors (Lipinski definition) is 1. The van der Waals surface area contributed by atoms with Crippen molar-refractivity contribution in [1.82, 2.24) is 0 Å². The highest BCUT2D eigenvalue weighted by molar-refractivity contribution is 5.49. The third-order valence-corrected chi connectivity index (χ3v) is 0.870. The van der Waals surface area contributed by atoms with Gasteiger partial charge in [-0.2, -0.15) is 0 Å². The van der Waals surface area contributed by atoms with Gasteiger partial charge >= 0.3 is 0 Å². The lowest BCUT2D eigenvalue weighted by Gasteiger charge is -2.00. The average Bonchev–Trinajstić information content (AvgIpc) is 1.97. The Morgan fingerprint density at radius 2 is 1.90 bits per heavy atom. The van der Waals surface area contributed by atoms with Crippen LogP contribution in [-0.4, -0.2) is 32.8 Å². The summed E-state index contributed by atoms with van der Waals surface area (Å²) >= 11 is 0. The van der Waals surface area contributed by atoms with Gasteiger partial charge in [0.2, 0.25) is 0 Å². The Balaban J connectivity index is 2.70. The molecule has 0 saturated heterocycles. The van der Waals surface area contributed by atoms with Crippen LogP contribution in [0.25, 0.3) is 0 Å². The summed E-state index contributed by atoms with van der Waals surface area (Å²) in [5.74, 6) is 0. The van der Waals surface area contributed by atoms with Crippen molar-refractivity contribution in [2.45, 2.75) is 6.42 Å². The van der Waals surface area contributed by atoms with Crippen molar-refractivity contribution in [2.75, 3.05) is 26.6 Å². The summed E-state index contributed by atoms with van der Waals surface area (Å²) in [7, 11) is 0. The standard InChI is InChI=1S/C6H13NO3/c7-6-10-5-4-9-3-1-2-8/h2H,1,3-7H2. The second kappa shape index (κ2) is 8.55. The number of carbonyl (C=O) groups is 1. The van der Waals surface area contributed by atoms with E-state index in [4.69, 9.17) is 15.2 Å². The van der Waals surface area contributed by atoms with E-state index in [1.54, 1.807) is 0 Å². The molecule has 0 aliphatic carbocycles. The first-order valence-electron chi connectivity index (χ1n) is 3.21. The molecule has 0 heterocycles. The molecular formula is C6H13NO3. The topological polar surface area (TPSA) is 61.6 Å². The Kier molecular flexibility index (Phi) is 8.17. The molecule has 0 saturated carbocycles. The van der Waals surface area contributed by atoms with E-state index in [0.29, 0.717) is 26.2 Å². The van der Waals surface area contributed by atoms with E-state index >= 15 is 0 Å². The maximum Gasteiger partial charge on any atom is 0.122 e. The van der Waals surface area contributed by atoms with Crippen molar-refractivity contribution in [3.05, 3.63) is 0 Å². The van der Waals surface area contributed by atoms with Gasteiger partial charge in [-0.25, -0.2) is 0 Å². The molecule has 0 amide bonds. The Morgan fingerprint density at radius 1 is 1.20 bits per heavy atom. The molecule has 0 aromatic heterocycles. The smallest absolute Gasteiger partial charge is 0.122 e. The molecule has 0 rings (SSSR count). The van der Waals surface area contributed by atoms with E-state index in [9.17, 15) is 4.79 Å². The summed E-state index contributed by atoms with van der Waals surface area (Å²) in [6, 6.07) is 0. The minimum atomic E-state index is 0.219. The molecular weight excluding hydrogens is 134 g/mol. The highest BCUT2D eigenvalue weighted by Gasteiger charge is 1.86. The van der Waals surface area contributed by atoms with Gasteiger partial charge in [-0.1, -0.05) is 0 Å². The molecule has 0 atom stereocenters. The Hall–Kier alpha value is -0.450. The zero-order chi connectivity index (χ0) is 7.66. The maximum atomic E-state index is 9.76. The molecule has 2 N–H and O–H groups in total. The summed E-state index contributed by atoms with van der Waals surface area (Å²) in [5.41, 5.74) is 5.04. The zero-order valence-electron chi connectivity index (χ0n) is 5.91. The van der Waals surface area contributed by atoms with Crippen LogP contribution in [0.4, 0.5) is 0 Å². The number of rotatable bonds is 7. The van der Waals surface area contributed by atoms with Crippen LogP contribution in [0.5, 0.6) is 0 Å². The van der Waals surface area contributed by atoms with Crippen LogP contribution >= 0.6 is 0 Å². The van der Waals surface area contributed by atoms with Gasteiger partial charge in [-0.15, -0.1) is 0 Å². The first-order chi connectivity index (χ1) is 4.91. The average molecular weight is 147 g/mol. The Bertz CT molecular complexity index is 77.4. The van der Waals surface area contributed by atoms with Crippen molar-refractivity contribution in [2.24, 2.45) is 5.73 Å². The van der Waals surface area contributed by atoms with E-state index in [2.05, 4.69) is 0 Å². The highest BCUT2D eigenvalue weighted by atomic mass is 16.5. The monoisotopic (exact) mass is 147 g/mol. The van der Waals surface area contributed by atoms with E-state index in [1.165, 1.54) is 0 Å². The summed E-state index contributed by atoms with van der Waals surface area (Å²) in [5, 5.41) is 0. The lowest BCUT2D eigenvalue weighted by molar-refractivity contribution is -0.108.